The largest absolute Gasteiger partial charge is 0.398 e. The van der Waals surface area contributed by atoms with Gasteiger partial charge < -0.3 is 11.1 Å². The molecule has 2 heteroatoms. The lowest BCUT2D eigenvalue weighted by Gasteiger charge is -2.34. The summed E-state index contributed by atoms with van der Waals surface area (Å²) in [6.07, 6.45) is 2.87. The number of nitrogens with two attached hydrogens (primary N) is 1. The quantitative estimate of drug-likeness (QED) is 0.366. The molecule has 5 rings (SSSR count). The molecule has 0 amide bonds. The fraction of sp³-hybridized carbons (Fsp3) is 0.0357. The number of hydrogen-bond acceptors (Lipinski definition) is 2. The van der Waals surface area contributed by atoms with Crippen LogP contribution in [-0.4, -0.2) is 6.21 Å². The Morgan fingerprint density at radius 1 is 0.667 bits per heavy atom. The molecule has 0 aromatic heterocycles. The van der Waals surface area contributed by atoms with Crippen LogP contribution in [0.25, 0.3) is 16.8 Å². The third-order valence-corrected chi connectivity index (χ3v) is 6.05. The molecule has 0 saturated heterocycles. The number of allylic oxidation sites excluding steroid dienone is 1. The van der Waals surface area contributed by atoms with Gasteiger partial charge in [0, 0.05) is 11.9 Å². The molecule has 4 aromatic carbocycles. The topological polar surface area (TPSA) is 49.9 Å². The Bertz CT molecular complexity index is 1210. The molecule has 0 atom stereocenters. The number of benzene rings is 4. The highest BCUT2D eigenvalue weighted by Gasteiger charge is 2.45. The van der Waals surface area contributed by atoms with Gasteiger partial charge in [0.15, 0.2) is 0 Å². The third kappa shape index (κ3) is 2.54. The van der Waals surface area contributed by atoms with E-state index in [1.807, 2.05) is 0 Å². The first-order valence-electron chi connectivity index (χ1n) is 10.1. The molecule has 2 nitrogen and oxygen atoms in total. The van der Waals surface area contributed by atoms with Crippen LogP contribution in [0, 0.1) is 5.41 Å². The molecular formula is C28H22N2. The summed E-state index contributed by atoms with van der Waals surface area (Å²) in [6.45, 7) is 0. The molecule has 0 fully saturated rings. The summed E-state index contributed by atoms with van der Waals surface area (Å²) in [5.41, 5.74) is 14.8. The molecular weight excluding hydrogens is 364 g/mol. The van der Waals surface area contributed by atoms with E-state index in [-0.39, 0.29) is 0 Å². The van der Waals surface area contributed by atoms with Crippen LogP contribution in [0.3, 0.4) is 0 Å². The summed E-state index contributed by atoms with van der Waals surface area (Å²) >= 11 is 0. The van der Waals surface area contributed by atoms with Crippen molar-refractivity contribution in [3.05, 3.63) is 137 Å². The molecule has 1 aliphatic rings. The second-order valence-electron chi connectivity index (χ2n) is 7.58. The number of hydrogen-bond donors (Lipinski definition) is 2. The number of fused-ring (bicyclic) bond motifs is 3. The predicted molar refractivity (Wildman–Crippen MR) is 125 cm³/mol. The lowest BCUT2D eigenvalue weighted by atomic mass is 9.67. The van der Waals surface area contributed by atoms with Gasteiger partial charge in [0.2, 0.25) is 0 Å². The van der Waals surface area contributed by atoms with E-state index < -0.39 is 5.41 Å². The van der Waals surface area contributed by atoms with Gasteiger partial charge in [-0.1, -0.05) is 97.1 Å². The lowest BCUT2D eigenvalue weighted by molar-refractivity contribution is 0.768. The second kappa shape index (κ2) is 7.16. The Hall–Kier alpha value is -3.91. The van der Waals surface area contributed by atoms with E-state index in [1.165, 1.54) is 39.6 Å². The average molecular weight is 386 g/mol. The standard InChI is InChI=1S/C28H22N2/c29-18-17-27(30)20-15-16-24-23-13-7-8-14-25(23)28(26(24)19-20,21-9-3-1-4-10-21)22-11-5-2-6-12-22/h1-19,29H,30H2/b27-17-,29-18?. The van der Waals surface area contributed by atoms with Crippen LogP contribution < -0.4 is 5.73 Å². The van der Waals surface area contributed by atoms with Crippen LogP contribution in [0.2, 0.25) is 0 Å². The van der Waals surface area contributed by atoms with Crippen LogP contribution in [0.1, 0.15) is 27.8 Å². The molecule has 0 heterocycles. The summed E-state index contributed by atoms with van der Waals surface area (Å²) in [7, 11) is 0. The molecule has 3 N–H and O–H groups in total. The predicted octanol–water partition coefficient (Wildman–Crippen LogP) is 6.00. The Morgan fingerprint density at radius 2 is 1.23 bits per heavy atom. The van der Waals surface area contributed by atoms with Crippen LogP contribution in [-0.2, 0) is 5.41 Å². The lowest BCUT2D eigenvalue weighted by Crippen LogP contribution is -2.28. The molecule has 0 bridgehead atoms. The van der Waals surface area contributed by atoms with Crippen LogP contribution in [0.4, 0.5) is 0 Å². The maximum Gasteiger partial charge on any atom is 0.0713 e. The Balaban J connectivity index is 1.93. The highest BCUT2D eigenvalue weighted by Crippen LogP contribution is 2.56. The first-order valence-corrected chi connectivity index (χ1v) is 10.1. The fourth-order valence-electron chi connectivity index (χ4n) is 4.81. The van der Waals surface area contributed by atoms with Crippen molar-refractivity contribution in [2.45, 2.75) is 5.41 Å². The first kappa shape index (κ1) is 18.1. The second-order valence-corrected chi connectivity index (χ2v) is 7.58. The third-order valence-electron chi connectivity index (χ3n) is 6.05. The van der Waals surface area contributed by atoms with Gasteiger partial charge in [-0.2, -0.15) is 0 Å². The van der Waals surface area contributed by atoms with Crippen LogP contribution >= 0.6 is 0 Å². The van der Waals surface area contributed by atoms with Gasteiger partial charge in [0.05, 0.1) is 5.41 Å². The first-order chi connectivity index (χ1) is 14.8. The van der Waals surface area contributed by atoms with Gasteiger partial charge in [-0.25, -0.2) is 0 Å². The fourth-order valence-corrected chi connectivity index (χ4v) is 4.81. The molecule has 0 spiro atoms. The minimum absolute atomic E-state index is 0.421. The summed E-state index contributed by atoms with van der Waals surface area (Å²) < 4.78 is 0. The Labute approximate surface area is 176 Å². The molecule has 0 aliphatic heterocycles. The highest BCUT2D eigenvalue weighted by molar-refractivity contribution is 5.89. The number of nitrogens with one attached hydrogen (secondary N) is 1. The van der Waals surface area contributed by atoms with Crippen molar-refractivity contribution >= 4 is 11.9 Å². The van der Waals surface area contributed by atoms with Gasteiger partial charge in [0.1, 0.15) is 0 Å². The smallest absolute Gasteiger partial charge is 0.0713 e. The van der Waals surface area contributed by atoms with E-state index in [1.54, 1.807) is 6.08 Å². The minimum atomic E-state index is -0.421. The molecule has 4 aromatic rings. The van der Waals surface area contributed by atoms with Gasteiger partial charge in [-0.05, 0) is 51.1 Å². The molecule has 1 aliphatic carbocycles. The monoisotopic (exact) mass is 386 g/mol. The maximum absolute atomic E-state index is 7.41. The average Bonchev–Trinajstić information content (AvgIpc) is 3.11. The summed E-state index contributed by atoms with van der Waals surface area (Å²) in [6, 6.07) is 36.5. The normalized spacial score (nSPS) is 14.1. The summed E-state index contributed by atoms with van der Waals surface area (Å²) in [5.74, 6) is 0. The van der Waals surface area contributed by atoms with Crippen molar-refractivity contribution < 1.29 is 0 Å². The molecule has 30 heavy (non-hydrogen) atoms. The van der Waals surface area contributed by atoms with Crippen LogP contribution in [0.15, 0.2) is 109 Å². The van der Waals surface area contributed by atoms with Crippen LogP contribution in [0.5, 0.6) is 0 Å². The van der Waals surface area contributed by atoms with E-state index in [9.17, 15) is 0 Å². The summed E-state index contributed by atoms with van der Waals surface area (Å²) in [5, 5.41) is 7.41. The Kier molecular flexibility index (Phi) is 4.33. The van der Waals surface area contributed by atoms with Gasteiger partial charge in [-0.3, -0.25) is 0 Å². The van der Waals surface area contributed by atoms with Crippen molar-refractivity contribution in [2.24, 2.45) is 5.73 Å². The molecule has 0 radical (unpaired) electrons. The zero-order chi connectivity index (χ0) is 20.6. The van der Waals surface area contributed by atoms with Gasteiger partial charge in [0.25, 0.3) is 0 Å². The van der Waals surface area contributed by atoms with Gasteiger partial charge >= 0.3 is 0 Å². The van der Waals surface area contributed by atoms with E-state index in [0.717, 1.165) is 5.56 Å². The van der Waals surface area contributed by atoms with Crippen molar-refractivity contribution in [1.29, 1.82) is 5.41 Å². The summed E-state index contributed by atoms with van der Waals surface area (Å²) in [4.78, 5) is 0. The van der Waals surface area contributed by atoms with Crippen molar-refractivity contribution in [3.8, 4) is 11.1 Å². The number of rotatable bonds is 4. The van der Waals surface area contributed by atoms with Crippen molar-refractivity contribution in [3.63, 3.8) is 0 Å². The maximum atomic E-state index is 7.41. The zero-order valence-electron chi connectivity index (χ0n) is 16.5. The zero-order valence-corrected chi connectivity index (χ0v) is 16.5. The van der Waals surface area contributed by atoms with E-state index in [4.69, 9.17) is 11.1 Å². The molecule has 144 valence electrons. The Morgan fingerprint density at radius 3 is 1.87 bits per heavy atom. The minimum Gasteiger partial charge on any atom is -0.398 e. The molecule has 0 unspecified atom stereocenters. The molecule has 0 saturated carbocycles. The van der Waals surface area contributed by atoms with E-state index >= 15 is 0 Å². The van der Waals surface area contributed by atoms with Crippen molar-refractivity contribution in [1.82, 2.24) is 0 Å². The highest BCUT2D eigenvalue weighted by atomic mass is 14.6. The van der Waals surface area contributed by atoms with E-state index in [0.29, 0.717) is 5.70 Å². The van der Waals surface area contributed by atoms with E-state index in [2.05, 4.69) is 103 Å². The SMILES string of the molecule is N=C/C=C(\N)c1ccc2c(c1)C(c1ccccc1)(c1ccccc1)c1ccccc1-2. The van der Waals surface area contributed by atoms with Gasteiger partial charge in [-0.15, -0.1) is 0 Å². The van der Waals surface area contributed by atoms with Crippen molar-refractivity contribution in [2.75, 3.05) is 0 Å².